The number of nitrogens with one attached hydrogen (secondary N) is 13. The van der Waals surface area contributed by atoms with Crippen LogP contribution in [0.5, 0.6) is 0 Å². The number of benzene rings is 2. The number of H-pyrrole nitrogens is 2. The van der Waals surface area contributed by atoms with Gasteiger partial charge in [-0.3, -0.25) is 52.7 Å². The first kappa shape index (κ1) is 82.2. The number of hydrogen-bond donors (Lipinski definition) is 23. The normalized spacial score (nSPS) is 14.3. The molecular weight excluding hydrogens is 1280 g/mol. The summed E-state index contributed by atoms with van der Waals surface area (Å²) in [5.74, 6) is -10.4. The van der Waals surface area contributed by atoms with Gasteiger partial charge in [0.25, 0.3) is 0 Å². The third kappa shape index (κ3) is 27.6. The molecule has 32 N–H and O–H groups in total. The number of carbonyl (C=O) groups excluding carboxylic acids is 11. The van der Waals surface area contributed by atoms with Crippen LogP contribution < -0.4 is 110 Å². The Labute approximate surface area is 574 Å². The highest BCUT2D eigenvalue weighted by molar-refractivity contribution is 6.00. The number of hydrogen-bond acceptors (Lipinski definition) is 21. The number of carbonyl (C=O) groups is 12. The maximum atomic E-state index is 14.7. The van der Waals surface area contributed by atoms with Gasteiger partial charge in [0.2, 0.25) is 65.0 Å². The van der Waals surface area contributed by atoms with Crippen molar-refractivity contribution in [2.75, 3.05) is 65.4 Å². The van der Waals surface area contributed by atoms with Gasteiger partial charge in [-0.15, -0.1) is 0 Å². The maximum absolute atomic E-state index is 14.7. The molecule has 0 unspecified atom stereocenters. The maximum Gasteiger partial charge on any atom is 0.326 e. The van der Waals surface area contributed by atoms with Crippen molar-refractivity contribution in [3.05, 3.63) is 72.1 Å². The van der Waals surface area contributed by atoms with E-state index in [-0.39, 0.29) is 110 Å². The number of aromatic nitrogens is 2. The van der Waals surface area contributed by atoms with E-state index in [2.05, 4.69) is 68.5 Å². The second-order valence-electron chi connectivity index (χ2n) is 23.9. The van der Waals surface area contributed by atoms with Crippen molar-refractivity contribution in [2.45, 2.75) is 163 Å². The van der Waals surface area contributed by atoms with Gasteiger partial charge in [-0.05, 0) is 166 Å². The molecule has 99 heavy (non-hydrogen) atoms. The number of para-hydroxylation sites is 2. The van der Waals surface area contributed by atoms with E-state index in [1.54, 1.807) is 42.7 Å². The number of nitrogens with two attached hydrogens (primary N) is 9. The molecule has 548 valence electrons. The number of rotatable bonds is 49. The van der Waals surface area contributed by atoms with Crippen LogP contribution in [-0.2, 0) is 70.4 Å². The first-order valence-electron chi connectivity index (χ1n) is 33.5. The highest BCUT2D eigenvalue weighted by Crippen LogP contribution is 2.22. The van der Waals surface area contributed by atoms with E-state index in [9.17, 15) is 62.6 Å². The Morgan fingerprint density at radius 3 is 0.939 bits per heavy atom. The van der Waals surface area contributed by atoms with E-state index in [4.69, 9.17) is 51.6 Å². The van der Waals surface area contributed by atoms with Gasteiger partial charge in [0.05, 0.1) is 13.1 Å². The Morgan fingerprint density at radius 1 is 0.323 bits per heavy atom. The molecule has 0 bridgehead atoms. The standard InChI is InChI=1S/C64H104N22O13/c65-23-8-5-15-43(56(90)84-50(64(98)99)17-7-10-25-67)80-62(96)51(31-37-34-74-41-13-3-1-11-39(37)41)85-57(91)44(16-6-9-24-66)79-59(93)47(20-28-70)82-60(94)48(21-29-71)83-63(97)52(32-38-35-75-42-14-4-2-12-40(38)42)86-61(95)49(22-30-72)81-58(92)46(19-27-69)78-54(88)36-76-55(89)45(18-26-68)77-53(87)33-73/h1-4,11-14,34-35,43-52,74-75H,5-10,15-33,36,65-73H2,(H,76,89)(H,77,87)(H,78,88)(H,79,93)(H,80,96)(H,81,92)(H,82,94)(H,83,97)(H,84,90)(H,85,91)(H,86,95)(H,98,99)/t43-,44-,45-,46-,47-,48-,49-,50-,51-,52-/m0/s1. The van der Waals surface area contributed by atoms with Crippen molar-refractivity contribution in [1.29, 1.82) is 0 Å². The number of fused-ring (bicyclic) bond motifs is 2. The number of amides is 11. The van der Waals surface area contributed by atoms with Crippen LogP contribution >= 0.6 is 0 Å². The van der Waals surface area contributed by atoms with Crippen LogP contribution in [0.3, 0.4) is 0 Å². The first-order chi connectivity index (χ1) is 47.6. The summed E-state index contributed by atoms with van der Waals surface area (Å²) in [5.41, 5.74) is 54.6. The van der Waals surface area contributed by atoms with Crippen molar-refractivity contribution in [3.63, 3.8) is 0 Å². The summed E-state index contributed by atoms with van der Waals surface area (Å²) in [6, 6.07) is 0.721. The molecule has 10 atom stereocenters. The fraction of sp³-hybridized carbons (Fsp3) is 0.562. The number of carboxylic acid groups (broad SMARTS) is 1. The average Bonchev–Trinajstić information content (AvgIpc) is 1.72. The van der Waals surface area contributed by atoms with Crippen LogP contribution in [0.15, 0.2) is 60.9 Å². The monoisotopic (exact) mass is 1390 g/mol. The minimum Gasteiger partial charge on any atom is -0.480 e. The average molecular weight is 1390 g/mol. The number of aliphatic carboxylic acids is 1. The Morgan fingerprint density at radius 2 is 0.606 bits per heavy atom. The third-order valence-corrected chi connectivity index (χ3v) is 16.3. The molecule has 2 heterocycles. The molecule has 0 fully saturated rings. The predicted octanol–water partition coefficient (Wildman–Crippen LogP) is -6.43. The van der Waals surface area contributed by atoms with Crippen LogP contribution in [0, 0.1) is 0 Å². The summed E-state index contributed by atoms with van der Waals surface area (Å²) in [6.07, 6.45) is 4.89. The molecule has 2 aromatic heterocycles. The van der Waals surface area contributed by atoms with Crippen LogP contribution in [0.2, 0.25) is 0 Å². The topological polar surface area (TPSA) is 623 Å². The summed E-state index contributed by atoms with van der Waals surface area (Å²) in [7, 11) is 0. The second-order valence-corrected chi connectivity index (χ2v) is 23.9. The molecule has 0 saturated carbocycles. The zero-order valence-electron chi connectivity index (χ0n) is 56.0. The van der Waals surface area contributed by atoms with Gasteiger partial charge in [0, 0.05) is 47.0 Å². The largest absolute Gasteiger partial charge is 0.480 e. The number of aromatic amines is 2. The van der Waals surface area contributed by atoms with Crippen LogP contribution in [-0.4, -0.2) is 212 Å². The quantitative estimate of drug-likeness (QED) is 0.0183. The molecule has 2 aromatic carbocycles. The zero-order valence-corrected chi connectivity index (χ0v) is 56.0. The van der Waals surface area contributed by atoms with E-state index in [1.165, 1.54) is 0 Å². The summed E-state index contributed by atoms with van der Waals surface area (Å²) >= 11 is 0. The summed E-state index contributed by atoms with van der Waals surface area (Å²) in [6.45, 7) is -0.852. The molecule has 0 aliphatic rings. The second kappa shape index (κ2) is 44.7. The Kier molecular flexibility index (Phi) is 37.1. The Balaban J connectivity index is 1.60. The van der Waals surface area contributed by atoms with Gasteiger partial charge in [-0.25, -0.2) is 4.79 Å². The van der Waals surface area contributed by atoms with Crippen molar-refractivity contribution in [3.8, 4) is 0 Å². The van der Waals surface area contributed by atoms with Crippen LogP contribution in [0.25, 0.3) is 21.8 Å². The van der Waals surface area contributed by atoms with Crippen molar-refractivity contribution < 1.29 is 62.6 Å². The van der Waals surface area contributed by atoms with Gasteiger partial charge < -0.3 is 125 Å². The molecule has 4 aromatic rings. The van der Waals surface area contributed by atoms with Gasteiger partial charge in [0.15, 0.2) is 0 Å². The van der Waals surface area contributed by atoms with E-state index in [0.717, 1.165) is 10.9 Å². The van der Waals surface area contributed by atoms with Crippen molar-refractivity contribution >= 4 is 92.8 Å². The van der Waals surface area contributed by atoms with E-state index in [1.807, 2.05) is 18.2 Å². The lowest BCUT2D eigenvalue weighted by atomic mass is 10.0. The molecule has 4 rings (SSSR count). The van der Waals surface area contributed by atoms with Gasteiger partial charge in [-0.2, -0.15) is 0 Å². The summed E-state index contributed by atoms with van der Waals surface area (Å²) < 4.78 is 0. The molecule has 35 heteroatoms. The highest BCUT2D eigenvalue weighted by Gasteiger charge is 2.36. The van der Waals surface area contributed by atoms with Crippen LogP contribution in [0.4, 0.5) is 0 Å². The molecule has 0 radical (unpaired) electrons. The Hall–Kier alpha value is -9.20. The highest BCUT2D eigenvalue weighted by atomic mass is 16.4. The van der Waals surface area contributed by atoms with E-state index >= 15 is 0 Å². The predicted molar refractivity (Wildman–Crippen MR) is 370 cm³/mol. The summed E-state index contributed by atoms with van der Waals surface area (Å²) in [5, 5.41) is 40.0. The fourth-order valence-electron chi connectivity index (χ4n) is 10.9. The zero-order chi connectivity index (χ0) is 72.8. The molecule has 0 saturated heterocycles. The van der Waals surface area contributed by atoms with Crippen molar-refractivity contribution in [1.82, 2.24) is 68.5 Å². The smallest absolute Gasteiger partial charge is 0.326 e. The van der Waals surface area contributed by atoms with Gasteiger partial charge in [-0.1, -0.05) is 36.4 Å². The molecule has 35 nitrogen and oxygen atoms in total. The fourth-order valence-corrected chi connectivity index (χ4v) is 10.9. The molecule has 0 aliphatic heterocycles. The SMILES string of the molecule is NCCCC[C@H](NC(=O)[C@H](CCCCN)NC(=O)[C@H](Cc1c[nH]c2ccccc12)NC(=O)[C@H](CCCCN)NC(=O)[C@H](CCN)NC(=O)[C@H](CCN)NC(=O)[C@H](Cc1c[nH]c2ccccc12)NC(=O)[C@H](CCN)NC(=O)[C@H](CCN)NC(=O)CNC(=O)[C@H](CCN)NC(=O)CN)C(=O)O. The Bertz CT molecular complexity index is 3280. The molecular formula is C64H104N22O13. The molecule has 0 spiro atoms. The lowest BCUT2D eigenvalue weighted by Crippen LogP contribution is -2.61. The minimum absolute atomic E-state index is 0.0157. The molecule has 11 amide bonds. The third-order valence-electron chi connectivity index (χ3n) is 16.3. The van der Waals surface area contributed by atoms with E-state index in [0.29, 0.717) is 67.1 Å². The molecule has 0 aliphatic carbocycles. The first-order valence-corrected chi connectivity index (χ1v) is 33.5. The lowest BCUT2D eigenvalue weighted by molar-refractivity contribution is -0.142. The van der Waals surface area contributed by atoms with Crippen LogP contribution in [0.1, 0.15) is 101 Å². The van der Waals surface area contributed by atoms with Gasteiger partial charge >= 0.3 is 5.97 Å². The number of unbranched alkanes of at least 4 members (excludes halogenated alkanes) is 3. The lowest BCUT2D eigenvalue weighted by Gasteiger charge is -2.28. The number of carboxylic acids is 1. The van der Waals surface area contributed by atoms with Crippen molar-refractivity contribution in [2.24, 2.45) is 51.6 Å². The van der Waals surface area contributed by atoms with E-state index < -0.39 is 144 Å². The van der Waals surface area contributed by atoms with Gasteiger partial charge in [0.1, 0.15) is 60.4 Å². The minimum atomic E-state index is -1.49. The summed E-state index contributed by atoms with van der Waals surface area (Å²) in [4.78, 5) is 172.